The maximum Gasteiger partial charge on any atom is 0.307 e. The van der Waals surface area contributed by atoms with Crippen LogP contribution in [0.15, 0.2) is 0 Å². The lowest BCUT2D eigenvalue weighted by Gasteiger charge is -2.19. The molecule has 2 amide bonds. The molecular weight excluding hydrogens is 236 g/mol. The first-order chi connectivity index (χ1) is 8.63. The topological polar surface area (TPSA) is 75.7 Å². The van der Waals surface area contributed by atoms with Crippen LogP contribution in [0.2, 0.25) is 0 Å². The number of nitrogens with zero attached hydrogens (tertiary/aromatic N) is 1. The first-order valence-corrected chi connectivity index (χ1v) is 6.25. The van der Waals surface area contributed by atoms with Gasteiger partial charge in [-0.1, -0.05) is 6.42 Å². The van der Waals surface area contributed by atoms with Crippen molar-refractivity contribution in [2.24, 2.45) is 0 Å². The van der Waals surface area contributed by atoms with Gasteiger partial charge in [0.15, 0.2) is 0 Å². The third kappa shape index (κ3) is 5.16. The number of carbonyl (C=O) groups excluding carboxylic acids is 3. The van der Waals surface area contributed by atoms with E-state index in [1.54, 1.807) is 4.90 Å². The molecule has 18 heavy (non-hydrogen) atoms. The van der Waals surface area contributed by atoms with Crippen molar-refractivity contribution in [3.05, 3.63) is 0 Å². The number of hydrogen-bond donors (Lipinski definition) is 1. The second-order valence-corrected chi connectivity index (χ2v) is 4.30. The highest BCUT2D eigenvalue weighted by Gasteiger charge is 2.18. The van der Waals surface area contributed by atoms with Crippen LogP contribution in [0.5, 0.6) is 0 Å². The van der Waals surface area contributed by atoms with E-state index in [-0.39, 0.29) is 37.3 Å². The zero-order valence-corrected chi connectivity index (χ0v) is 10.7. The molecule has 6 heteroatoms. The van der Waals surface area contributed by atoms with Crippen LogP contribution in [-0.2, 0) is 19.1 Å². The molecule has 1 aliphatic rings. The average Bonchev–Trinajstić information content (AvgIpc) is 2.55. The van der Waals surface area contributed by atoms with Gasteiger partial charge >= 0.3 is 5.97 Å². The van der Waals surface area contributed by atoms with Crippen molar-refractivity contribution < 1.29 is 19.1 Å². The number of rotatable bonds is 5. The second-order valence-electron chi connectivity index (χ2n) is 4.30. The summed E-state index contributed by atoms with van der Waals surface area (Å²) in [5.74, 6) is -0.550. The Hall–Kier alpha value is -1.59. The Kier molecular flexibility index (Phi) is 6.18. The highest BCUT2D eigenvalue weighted by Crippen LogP contribution is 2.10. The van der Waals surface area contributed by atoms with Gasteiger partial charge in [-0.15, -0.1) is 0 Å². The summed E-state index contributed by atoms with van der Waals surface area (Å²) in [6.45, 7) is 0.969. The molecule has 1 heterocycles. The summed E-state index contributed by atoms with van der Waals surface area (Å²) in [4.78, 5) is 35.7. The maximum atomic E-state index is 11.6. The minimum atomic E-state index is -0.360. The molecule has 0 aliphatic carbocycles. The van der Waals surface area contributed by atoms with Gasteiger partial charge < -0.3 is 15.0 Å². The Labute approximate surface area is 107 Å². The van der Waals surface area contributed by atoms with Crippen LogP contribution in [0.1, 0.15) is 32.1 Å². The third-order valence-corrected chi connectivity index (χ3v) is 2.88. The molecule has 0 aromatic carbocycles. The normalized spacial score (nSPS) is 16.1. The van der Waals surface area contributed by atoms with Crippen molar-refractivity contribution in [3.8, 4) is 0 Å². The van der Waals surface area contributed by atoms with Gasteiger partial charge in [-0.2, -0.15) is 0 Å². The highest BCUT2D eigenvalue weighted by molar-refractivity contribution is 5.85. The molecule has 0 aromatic heterocycles. The summed E-state index contributed by atoms with van der Waals surface area (Å²) in [6, 6.07) is 0. The van der Waals surface area contributed by atoms with Crippen LogP contribution >= 0.6 is 0 Å². The Bertz CT molecular complexity index is 317. The van der Waals surface area contributed by atoms with Gasteiger partial charge in [0.05, 0.1) is 20.1 Å². The molecule has 102 valence electrons. The van der Waals surface area contributed by atoms with E-state index in [0.29, 0.717) is 13.0 Å². The summed E-state index contributed by atoms with van der Waals surface area (Å²) in [5, 5.41) is 2.60. The fraction of sp³-hybridized carbons (Fsp3) is 0.750. The van der Waals surface area contributed by atoms with Gasteiger partial charge in [0, 0.05) is 19.5 Å². The van der Waals surface area contributed by atoms with E-state index in [4.69, 9.17) is 0 Å². The standard InChI is InChI=1S/C12H20N2O4/c1-18-12(17)6-7-13-10(15)9-14-8-4-2-3-5-11(14)16/h2-9H2,1H3,(H,13,15). The fourth-order valence-corrected chi connectivity index (χ4v) is 1.84. The second kappa shape index (κ2) is 7.68. The van der Waals surface area contributed by atoms with E-state index in [1.807, 2.05) is 0 Å². The Morgan fingerprint density at radius 2 is 2.11 bits per heavy atom. The van der Waals surface area contributed by atoms with Crippen molar-refractivity contribution in [3.63, 3.8) is 0 Å². The van der Waals surface area contributed by atoms with Gasteiger partial charge in [-0.25, -0.2) is 0 Å². The summed E-state index contributed by atoms with van der Waals surface area (Å²) >= 11 is 0. The number of methoxy groups -OCH3 is 1. The molecule has 1 N–H and O–H groups in total. The van der Waals surface area contributed by atoms with E-state index < -0.39 is 0 Å². The molecule has 6 nitrogen and oxygen atoms in total. The number of ether oxygens (including phenoxy) is 1. The van der Waals surface area contributed by atoms with Gasteiger partial charge in [-0.3, -0.25) is 14.4 Å². The zero-order valence-electron chi connectivity index (χ0n) is 10.7. The highest BCUT2D eigenvalue weighted by atomic mass is 16.5. The Morgan fingerprint density at radius 3 is 2.83 bits per heavy atom. The fourth-order valence-electron chi connectivity index (χ4n) is 1.84. The molecule has 0 unspecified atom stereocenters. The van der Waals surface area contributed by atoms with E-state index in [0.717, 1.165) is 19.3 Å². The van der Waals surface area contributed by atoms with Crippen LogP contribution < -0.4 is 5.32 Å². The summed E-state index contributed by atoms with van der Waals surface area (Å²) in [6.07, 6.45) is 3.55. The average molecular weight is 256 g/mol. The molecule has 0 atom stereocenters. The first kappa shape index (κ1) is 14.5. The minimum Gasteiger partial charge on any atom is -0.469 e. The number of hydrogen-bond acceptors (Lipinski definition) is 4. The quantitative estimate of drug-likeness (QED) is 0.706. The monoisotopic (exact) mass is 256 g/mol. The summed E-state index contributed by atoms with van der Waals surface area (Å²) < 4.78 is 4.46. The van der Waals surface area contributed by atoms with Crippen molar-refractivity contribution >= 4 is 17.8 Å². The van der Waals surface area contributed by atoms with Crippen LogP contribution in [0, 0.1) is 0 Å². The van der Waals surface area contributed by atoms with Gasteiger partial charge in [-0.05, 0) is 12.8 Å². The lowest BCUT2D eigenvalue weighted by Crippen LogP contribution is -2.41. The van der Waals surface area contributed by atoms with E-state index in [2.05, 4.69) is 10.1 Å². The number of amides is 2. The van der Waals surface area contributed by atoms with Crippen molar-refractivity contribution in [2.45, 2.75) is 32.1 Å². The molecule has 0 aromatic rings. The number of likely N-dealkylation sites (tertiary alicyclic amines) is 1. The SMILES string of the molecule is COC(=O)CCNC(=O)CN1CCCCCC1=O. The number of nitrogens with one attached hydrogen (secondary N) is 1. The van der Waals surface area contributed by atoms with Crippen molar-refractivity contribution in [1.29, 1.82) is 0 Å². The van der Waals surface area contributed by atoms with Crippen LogP contribution in [0.25, 0.3) is 0 Å². The van der Waals surface area contributed by atoms with Gasteiger partial charge in [0.25, 0.3) is 0 Å². The lowest BCUT2D eigenvalue weighted by molar-refractivity contribution is -0.140. The molecule has 1 fully saturated rings. The third-order valence-electron chi connectivity index (χ3n) is 2.88. The first-order valence-electron chi connectivity index (χ1n) is 6.25. The molecule has 1 aliphatic heterocycles. The predicted molar refractivity (Wildman–Crippen MR) is 64.7 cm³/mol. The molecule has 1 rings (SSSR count). The summed E-state index contributed by atoms with van der Waals surface area (Å²) in [5.41, 5.74) is 0. The Morgan fingerprint density at radius 1 is 1.33 bits per heavy atom. The maximum absolute atomic E-state index is 11.6. The van der Waals surface area contributed by atoms with E-state index >= 15 is 0 Å². The lowest BCUT2D eigenvalue weighted by atomic mass is 10.2. The van der Waals surface area contributed by atoms with E-state index in [1.165, 1.54) is 7.11 Å². The molecular formula is C12H20N2O4. The Balaban J connectivity index is 2.25. The van der Waals surface area contributed by atoms with Gasteiger partial charge in [0.2, 0.25) is 11.8 Å². The number of carbonyl (C=O) groups is 3. The number of esters is 1. The molecule has 0 bridgehead atoms. The van der Waals surface area contributed by atoms with Crippen molar-refractivity contribution in [1.82, 2.24) is 10.2 Å². The van der Waals surface area contributed by atoms with Crippen LogP contribution in [0.4, 0.5) is 0 Å². The van der Waals surface area contributed by atoms with E-state index in [9.17, 15) is 14.4 Å². The predicted octanol–water partition coefficient (Wildman–Crippen LogP) is 0.0683. The van der Waals surface area contributed by atoms with Gasteiger partial charge in [0.1, 0.15) is 0 Å². The van der Waals surface area contributed by atoms with Crippen molar-refractivity contribution in [2.75, 3.05) is 26.7 Å². The minimum absolute atomic E-state index is 0.0376. The molecule has 0 spiro atoms. The molecule has 0 saturated carbocycles. The summed E-state index contributed by atoms with van der Waals surface area (Å²) in [7, 11) is 1.31. The zero-order chi connectivity index (χ0) is 13.4. The van der Waals surface area contributed by atoms with Crippen LogP contribution in [0.3, 0.4) is 0 Å². The molecule has 0 radical (unpaired) electrons. The van der Waals surface area contributed by atoms with Crippen LogP contribution in [-0.4, -0.2) is 49.4 Å². The smallest absolute Gasteiger partial charge is 0.307 e. The largest absolute Gasteiger partial charge is 0.469 e. The molecule has 1 saturated heterocycles.